The third kappa shape index (κ3) is 2.93. The van der Waals surface area contributed by atoms with Crippen LogP contribution in [0.3, 0.4) is 0 Å². The molecular formula is C19H21N5OS. The van der Waals surface area contributed by atoms with Crippen molar-refractivity contribution in [2.24, 2.45) is 7.05 Å². The molecule has 1 aromatic carbocycles. The second kappa shape index (κ2) is 6.66. The monoisotopic (exact) mass is 367 g/mol. The average Bonchev–Trinajstić information content (AvgIpc) is 2.86. The van der Waals surface area contributed by atoms with Gasteiger partial charge in [-0.25, -0.2) is 9.67 Å². The van der Waals surface area contributed by atoms with Crippen LogP contribution in [0.1, 0.15) is 22.5 Å². The molecule has 7 heteroatoms. The number of H-pyrrole nitrogens is 1. The Kier molecular flexibility index (Phi) is 4.34. The Bertz CT molecular complexity index is 1060. The van der Waals surface area contributed by atoms with Crippen molar-refractivity contribution in [3.63, 3.8) is 0 Å². The van der Waals surface area contributed by atoms with Crippen LogP contribution in [0.2, 0.25) is 0 Å². The van der Waals surface area contributed by atoms with Crippen molar-refractivity contribution >= 4 is 12.2 Å². The summed E-state index contributed by atoms with van der Waals surface area (Å²) in [5.74, 6) is 0. The molecule has 0 saturated heterocycles. The molecule has 0 atom stereocenters. The standard InChI is InChI=1S/C19H21N5OS/c1-13-16(18(25)24(22(13)2)15-6-4-3-5-7-15)12-23-9-8-17-14(11-23)10-20-19(26)21-17/h3-7,10H,8-9,11-12H2,1-2H3,(H,20,21,26). The molecule has 0 spiro atoms. The summed E-state index contributed by atoms with van der Waals surface area (Å²) in [4.78, 5) is 22.7. The highest BCUT2D eigenvalue weighted by Gasteiger charge is 2.22. The molecule has 3 aromatic rings. The van der Waals surface area contributed by atoms with Gasteiger partial charge in [-0.05, 0) is 31.3 Å². The summed E-state index contributed by atoms with van der Waals surface area (Å²) in [6, 6.07) is 9.76. The van der Waals surface area contributed by atoms with Gasteiger partial charge in [-0.1, -0.05) is 18.2 Å². The molecule has 2 aromatic heterocycles. The van der Waals surface area contributed by atoms with Gasteiger partial charge in [-0.15, -0.1) is 0 Å². The van der Waals surface area contributed by atoms with Crippen LogP contribution in [-0.2, 0) is 26.6 Å². The van der Waals surface area contributed by atoms with Gasteiger partial charge in [0.1, 0.15) is 0 Å². The first kappa shape index (κ1) is 16.9. The number of aromatic amines is 1. The van der Waals surface area contributed by atoms with E-state index >= 15 is 0 Å². The van der Waals surface area contributed by atoms with Crippen molar-refractivity contribution in [1.82, 2.24) is 24.2 Å². The van der Waals surface area contributed by atoms with Gasteiger partial charge >= 0.3 is 0 Å². The highest BCUT2D eigenvalue weighted by Crippen LogP contribution is 2.19. The zero-order valence-electron chi connectivity index (χ0n) is 14.9. The maximum atomic E-state index is 13.1. The Labute approximate surface area is 156 Å². The molecular weight excluding hydrogens is 346 g/mol. The smallest absolute Gasteiger partial charge is 0.276 e. The summed E-state index contributed by atoms with van der Waals surface area (Å²) in [6.45, 7) is 4.30. The maximum Gasteiger partial charge on any atom is 0.276 e. The second-order valence-electron chi connectivity index (χ2n) is 6.69. The number of aromatic nitrogens is 4. The molecule has 0 amide bonds. The number of hydrogen-bond donors (Lipinski definition) is 1. The molecule has 6 nitrogen and oxygen atoms in total. The van der Waals surface area contributed by atoms with Gasteiger partial charge in [0.25, 0.3) is 5.56 Å². The fourth-order valence-corrected chi connectivity index (χ4v) is 3.75. The van der Waals surface area contributed by atoms with Gasteiger partial charge in [0.15, 0.2) is 4.77 Å². The minimum Gasteiger partial charge on any atom is -0.334 e. The van der Waals surface area contributed by atoms with Crippen molar-refractivity contribution in [1.29, 1.82) is 0 Å². The number of fused-ring (bicyclic) bond motifs is 1. The lowest BCUT2D eigenvalue weighted by Gasteiger charge is -2.27. The van der Waals surface area contributed by atoms with Crippen molar-refractivity contribution in [3.05, 3.63) is 74.2 Å². The number of para-hydroxylation sites is 1. The summed E-state index contributed by atoms with van der Waals surface area (Å²) in [5.41, 5.74) is 5.09. The first-order chi connectivity index (χ1) is 12.5. The number of hydrogen-bond acceptors (Lipinski definition) is 4. The van der Waals surface area contributed by atoms with Crippen LogP contribution in [-0.4, -0.2) is 30.8 Å². The van der Waals surface area contributed by atoms with E-state index in [2.05, 4.69) is 14.9 Å². The Hall–Kier alpha value is -2.51. The lowest BCUT2D eigenvalue weighted by Crippen LogP contribution is -2.33. The van der Waals surface area contributed by atoms with Crippen LogP contribution in [0, 0.1) is 11.7 Å². The minimum atomic E-state index is 0.0487. The Morgan fingerprint density at radius 2 is 2.04 bits per heavy atom. The van der Waals surface area contributed by atoms with E-state index in [9.17, 15) is 4.79 Å². The number of benzene rings is 1. The summed E-state index contributed by atoms with van der Waals surface area (Å²) >= 11 is 5.10. The van der Waals surface area contributed by atoms with Gasteiger partial charge < -0.3 is 4.98 Å². The average molecular weight is 367 g/mol. The molecule has 1 aliphatic heterocycles. The van der Waals surface area contributed by atoms with Crippen molar-refractivity contribution < 1.29 is 0 Å². The summed E-state index contributed by atoms with van der Waals surface area (Å²) in [6.07, 6.45) is 2.74. The highest BCUT2D eigenvalue weighted by molar-refractivity contribution is 7.71. The molecule has 26 heavy (non-hydrogen) atoms. The largest absolute Gasteiger partial charge is 0.334 e. The van der Waals surface area contributed by atoms with E-state index < -0.39 is 0 Å². The van der Waals surface area contributed by atoms with Crippen LogP contribution in [0.5, 0.6) is 0 Å². The van der Waals surface area contributed by atoms with E-state index in [0.29, 0.717) is 11.3 Å². The van der Waals surface area contributed by atoms with E-state index in [0.717, 1.165) is 47.7 Å². The highest BCUT2D eigenvalue weighted by atomic mass is 32.1. The topological polar surface area (TPSA) is 58.9 Å². The molecule has 0 radical (unpaired) electrons. The predicted molar refractivity (Wildman–Crippen MR) is 103 cm³/mol. The Morgan fingerprint density at radius 3 is 2.81 bits per heavy atom. The first-order valence-corrected chi connectivity index (χ1v) is 9.08. The fraction of sp³-hybridized carbons (Fsp3) is 0.316. The van der Waals surface area contributed by atoms with Crippen LogP contribution < -0.4 is 5.56 Å². The van der Waals surface area contributed by atoms with E-state index in [1.54, 1.807) is 4.68 Å². The first-order valence-electron chi connectivity index (χ1n) is 8.67. The lowest BCUT2D eigenvalue weighted by atomic mass is 10.1. The van der Waals surface area contributed by atoms with Crippen LogP contribution in [0.15, 0.2) is 41.3 Å². The lowest BCUT2D eigenvalue weighted by molar-refractivity contribution is 0.241. The summed E-state index contributed by atoms with van der Waals surface area (Å²) in [5, 5.41) is 0. The minimum absolute atomic E-state index is 0.0487. The van der Waals surface area contributed by atoms with Crippen molar-refractivity contribution in [3.8, 4) is 5.69 Å². The van der Waals surface area contributed by atoms with Crippen molar-refractivity contribution in [2.45, 2.75) is 26.4 Å². The number of nitrogens with one attached hydrogen (secondary N) is 1. The Balaban J connectivity index is 1.65. The predicted octanol–water partition coefficient (Wildman–Crippen LogP) is 2.50. The molecule has 4 rings (SSSR count). The molecule has 0 bridgehead atoms. The van der Waals surface area contributed by atoms with Crippen molar-refractivity contribution in [2.75, 3.05) is 6.54 Å². The molecule has 0 aliphatic carbocycles. The normalized spacial score (nSPS) is 14.4. The molecule has 1 aliphatic rings. The summed E-state index contributed by atoms with van der Waals surface area (Å²) in [7, 11) is 1.93. The van der Waals surface area contributed by atoms with E-state index in [4.69, 9.17) is 12.2 Å². The summed E-state index contributed by atoms with van der Waals surface area (Å²) < 4.78 is 4.20. The van der Waals surface area contributed by atoms with Crippen LogP contribution in [0.4, 0.5) is 0 Å². The van der Waals surface area contributed by atoms with Gasteiger partial charge in [-0.2, -0.15) is 0 Å². The van der Waals surface area contributed by atoms with Gasteiger partial charge in [-0.3, -0.25) is 14.4 Å². The van der Waals surface area contributed by atoms with Gasteiger partial charge in [0.05, 0.1) is 11.3 Å². The number of rotatable bonds is 3. The van der Waals surface area contributed by atoms with Gasteiger partial charge in [0, 0.05) is 56.3 Å². The zero-order valence-corrected chi connectivity index (χ0v) is 15.7. The molecule has 1 N–H and O–H groups in total. The maximum absolute atomic E-state index is 13.1. The van der Waals surface area contributed by atoms with E-state index in [-0.39, 0.29) is 5.56 Å². The van der Waals surface area contributed by atoms with E-state index in [1.807, 2.05) is 55.2 Å². The molecule has 0 saturated carbocycles. The van der Waals surface area contributed by atoms with Gasteiger partial charge in [0.2, 0.25) is 0 Å². The van der Waals surface area contributed by atoms with Crippen LogP contribution >= 0.6 is 12.2 Å². The third-order valence-electron chi connectivity index (χ3n) is 5.11. The van der Waals surface area contributed by atoms with Crippen LogP contribution in [0.25, 0.3) is 5.69 Å². The SMILES string of the molecule is Cc1c(CN2CCc3[nH]c(=S)ncc3C2)c(=O)n(-c2ccccc2)n1C. The zero-order chi connectivity index (χ0) is 18.3. The Morgan fingerprint density at radius 1 is 1.27 bits per heavy atom. The molecule has 0 fully saturated rings. The number of nitrogens with zero attached hydrogens (tertiary/aromatic N) is 4. The molecule has 3 heterocycles. The fourth-order valence-electron chi connectivity index (χ4n) is 3.57. The van der Waals surface area contributed by atoms with E-state index in [1.165, 1.54) is 0 Å². The quantitative estimate of drug-likeness (QED) is 0.723. The molecule has 134 valence electrons. The third-order valence-corrected chi connectivity index (χ3v) is 5.32. The second-order valence-corrected chi connectivity index (χ2v) is 7.08. The molecule has 0 unspecified atom stereocenters.